The lowest BCUT2D eigenvalue weighted by atomic mass is 10.2. The average Bonchev–Trinajstić information content (AvgIpc) is 3.11. The second-order valence-corrected chi connectivity index (χ2v) is 7.96. The van der Waals surface area contributed by atoms with Crippen molar-refractivity contribution in [3.05, 3.63) is 65.5 Å². The lowest BCUT2D eigenvalue weighted by Gasteiger charge is -2.05. The third kappa shape index (κ3) is 3.78. The van der Waals surface area contributed by atoms with Crippen LogP contribution in [0, 0.1) is 0 Å². The van der Waals surface area contributed by atoms with Gasteiger partial charge < -0.3 is 0 Å². The molecule has 3 rings (SSSR count). The molecule has 0 aliphatic carbocycles. The zero-order valence-electron chi connectivity index (χ0n) is 13.1. The van der Waals surface area contributed by atoms with Crippen LogP contribution in [0.3, 0.4) is 0 Å². The lowest BCUT2D eigenvalue weighted by molar-refractivity contribution is 0.102. The minimum atomic E-state index is -4.68. The molecule has 0 spiro atoms. The zero-order valence-corrected chi connectivity index (χ0v) is 14.7. The van der Waals surface area contributed by atoms with Crippen LogP contribution in [0.5, 0.6) is 0 Å². The van der Waals surface area contributed by atoms with Gasteiger partial charge in [-0.15, -0.1) is 11.3 Å². The molecule has 1 heterocycles. The number of nitrogens with zero attached hydrogens (tertiary/aromatic N) is 1. The smallest absolute Gasteiger partial charge is 0.298 e. The summed E-state index contributed by atoms with van der Waals surface area (Å²) in [5.41, 5.74) is 1.75. The summed E-state index contributed by atoms with van der Waals surface area (Å²) in [6.07, 6.45) is 0. The Morgan fingerprint density at radius 1 is 1.04 bits per heavy atom. The van der Waals surface area contributed by atoms with E-state index in [1.54, 1.807) is 5.38 Å². The highest BCUT2D eigenvalue weighted by Gasteiger charge is 2.26. The number of amides is 1. The van der Waals surface area contributed by atoms with Gasteiger partial charge in [-0.1, -0.05) is 30.3 Å². The first-order valence-corrected chi connectivity index (χ1v) is 9.75. The highest BCUT2D eigenvalue weighted by atomic mass is 32.2. The van der Waals surface area contributed by atoms with E-state index in [0.29, 0.717) is 10.8 Å². The summed E-state index contributed by atoms with van der Waals surface area (Å²) < 4.78 is 47.8. The number of carbonyl (C=O) groups is 1. The molecule has 0 fully saturated rings. The van der Waals surface area contributed by atoms with Gasteiger partial charge in [-0.05, 0) is 24.3 Å². The van der Waals surface area contributed by atoms with E-state index in [0.717, 1.165) is 17.7 Å². The van der Waals surface area contributed by atoms with Crippen molar-refractivity contribution in [2.24, 2.45) is 0 Å². The second-order valence-electron chi connectivity index (χ2n) is 5.19. The van der Waals surface area contributed by atoms with Crippen molar-refractivity contribution in [1.82, 2.24) is 4.98 Å². The number of aromatic nitrogens is 1. The molecule has 0 unspecified atom stereocenters. The lowest BCUT2D eigenvalue weighted by Crippen LogP contribution is -2.14. The van der Waals surface area contributed by atoms with Gasteiger partial charge in [0.25, 0.3) is 5.91 Å². The number of thiazole rings is 1. The first-order valence-electron chi connectivity index (χ1n) is 7.32. The molecule has 0 aliphatic rings. The molecule has 3 aromatic rings. The third-order valence-corrected chi connectivity index (χ3v) is 5.63. The largest absolute Gasteiger partial charge is 0.341 e. The summed E-state index contributed by atoms with van der Waals surface area (Å²) in [4.78, 5) is 16.0. The Labute approximate surface area is 152 Å². The number of carbonyl (C=O) groups excluding carboxylic acids is 1. The van der Waals surface area contributed by atoms with Crippen molar-refractivity contribution in [3.8, 4) is 11.3 Å². The van der Waals surface area contributed by atoms with Crippen molar-refractivity contribution in [2.45, 2.75) is 10.7 Å². The maximum atomic E-state index is 12.5. The highest BCUT2D eigenvalue weighted by Crippen LogP contribution is 2.25. The normalized spacial score (nSPS) is 11.5. The number of sulfone groups is 1. The van der Waals surface area contributed by atoms with Gasteiger partial charge in [-0.25, -0.2) is 13.4 Å². The van der Waals surface area contributed by atoms with Crippen molar-refractivity contribution < 1.29 is 22.0 Å². The first-order chi connectivity index (χ1) is 12.4. The van der Waals surface area contributed by atoms with Gasteiger partial charge in [-0.3, -0.25) is 10.1 Å². The molecule has 2 aromatic carbocycles. The molecule has 1 aromatic heterocycles. The monoisotopic (exact) mass is 394 g/mol. The van der Waals surface area contributed by atoms with Crippen LogP contribution in [0.25, 0.3) is 11.3 Å². The fraction of sp³-hybridized carbons (Fsp3) is 0.0588. The maximum absolute atomic E-state index is 12.5. The van der Waals surface area contributed by atoms with E-state index in [-0.39, 0.29) is 5.56 Å². The molecular weight excluding hydrogens is 382 g/mol. The Hall–Kier alpha value is -2.65. The topological polar surface area (TPSA) is 76.1 Å². The third-order valence-electron chi connectivity index (χ3n) is 3.47. The SMILES string of the molecule is O=C(Nc1nc(-c2ccccc2)cs1)c1ccc(S(=O)(=O)C(F)F)cc1. The Morgan fingerprint density at radius 3 is 2.31 bits per heavy atom. The molecule has 134 valence electrons. The molecule has 26 heavy (non-hydrogen) atoms. The summed E-state index contributed by atoms with van der Waals surface area (Å²) >= 11 is 1.24. The van der Waals surface area contributed by atoms with Crippen LogP contribution in [-0.2, 0) is 9.84 Å². The van der Waals surface area contributed by atoms with Gasteiger partial charge in [0, 0.05) is 16.5 Å². The van der Waals surface area contributed by atoms with Crippen LogP contribution >= 0.6 is 11.3 Å². The number of halogens is 2. The number of anilines is 1. The van der Waals surface area contributed by atoms with Gasteiger partial charge in [0.1, 0.15) is 0 Å². The van der Waals surface area contributed by atoms with Gasteiger partial charge in [0.2, 0.25) is 9.84 Å². The Bertz CT molecular complexity index is 1020. The molecule has 1 amide bonds. The minimum Gasteiger partial charge on any atom is -0.298 e. The number of hydrogen-bond donors (Lipinski definition) is 1. The molecule has 0 saturated carbocycles. The van der Waals surface area contributed by atoms with Crippen molar-refractivity contribution >= 4 is 32.2 Å². The Morgan fingerprint density at radius 2 is 1.69 bits per heavy atom. The van der Waals surface area contributed by atoms with Gasteiger partial charge >= 0.3 is 5.76 Å². The van der Waals surface area contributed by atoms with Crippen LogP contribution in [0.15, 0.2) is 64.9 Å². The minimum absolute atomic E-state index is 0.134. The van der Waals surface area contributed by atoms with Crippen LogP contribution in [0.2, 0.25) is 0 Å². The summed E-state index contributed by atoms with van der Waals surface area (Å²) in [6.45, 7) is 0. The quantitative estimate of drug-likeness (QED) is 0.708. The molecule has 0 atom stereocenters. The Balaban J connectivity index is 1.74. The van der Waals surface area contributed by atoms with Crippen molar-refractivity contribution in [3.63, 3.8) is 0 Å². The van der Waals surface area contributed by atoms with Gasteiger partial charge in [0.15, 0.2) is 5.13 Å². The number of alkyl halides is 2. The Kier molecular flexibility index (Phi) is 5.10. The standard InChI is InChI=1S/C17H12F2N2O3S2/c18-16(19)26(23,24)13-8-6-12(7-9-13)15(22)21-17-20-14(10-25-17)11-4-2-1-3-5-11/h1-10,16H,(H,20,21,22). The van der Waals surface area contributed by atoms with E-state index in [1.807, 2.05) is 30.3 Å². The second kappa shape index (κ2) is 7.30. The van der Waals surface area contributed by atoms with Crippen LogP contribution < -0.4 is 5.32 Å². The molecule has 0 saturated heterocycles. The molecule has 0 radical (unpaired) electrons. The average molecular weight is 394 g/mol. The summed E-state index contributed by atoms with van der Waals surface area (Å²) in [5.74, 6) is -4.02. The van der Waals surface area contributed by atoms with Crippen LogP contribution in [0.1, 0.15) is 10.4 Å². The van der Waals surface area contributed by atoms with Crippen LogP contribution in [0.4, 0.5) is 13.9 Å². The highest BCUT2D eigenvalue weighted by molar-refractivity contribution is 7.91. The first kappa shape index (κ1) is 18.2. The van der Waals surface area contributed by atoms with E-state index in [1.165, 1.54) is 23.5 Å². The maximum Gasteiger partial charge on any atom is 0.341 e. The molecule has 0 aliphatic heterocycles. The number of benzene rings is 2. The predicted octanol–water partition coefficient (Wildman–Crippen LogP) is 4.06. The molecular formula is C17H12F2N2O3S2. The zero-order chi connectivity index (χ0) is 18.7. The molecule has 0 bridgehead atoms. The van der Waals surface area contributed by atoms with Crippen LogP contribution in [-0.4, -0.2) is 25.1 Å². The summed E-state index contributed by atoms with van der Waals surface area (Å²) in [6, 6.07) is 13.7. The molecule has 9 heteroatoms. The fourth-order valence-electron chi connectivity index (χ4n) is 2.14. The van der Waals surface area contributed by atoms with E-state index < -0.39 is 26.4 Å². The molecule has 5 nitrogen and oxygen atoms in total. The molecule has 1 N–H and O–H groups in total. The predicted molar refractivity (Wildman–Crippen MR) is 95.1 cm³/mol. The summed E-state index contributed by atoms with van der Waals surface area (Å²) in [5, 5.41) is 4.77. The van der Waals surface area contributed by atoms with E-state index in [2.05, 4.69) is 10.3 Å². The van der Waals surface area contributed by atoms with E-state index in [9.17, 15) is 22.0 Å². The number of nitrogens with one attached hydrogen (secondary N) is 1. The van der Waals surface area contributed by atoms with Gasteiger partial charge in [0.05, 0.1) is 10.6 Å². The van der Waals surface area contributed by atoms with Crippen molar-refractivity contribution in [2.75, 3.05) is 5.32 Å². The summed E-state index contributed by atoms with van der Waals surface area (Å²) in [7, 11) is -4.68. The van der Waals surface area contributed by atoms with E-state index >= 15 is 0 Å². The van der Waals surface area contributed by atoms with Gasteiger partial charge in [-0.2, -0.15) is 8.78 Å². The number of hydrogen-bond acceptors (Lipinski definition) is 5. The number of rotatable bonds is 5. The fourth-order valence-corrected chi connectivity index (χ4v) is 3.58. The van der Waals surface area contributed by atoms with E-state index in [4.69, 9.17) is 0 Å². The van der Waals surface area contributed by atoms with Crippen molar-refractivity contribution in [1.29, 1.82) is 0 Å².